The molecule has 0 amide bonds. The number of hydrogen-bond donors (Lipinski definition) is 1. The van der Waals surface area contributed by atoms with Crippen molar-refractivity contribution in [3.63, 3.8) is 0 Å². The summed E-state index contributed by atoms with van der Waals surface area (Å²) in [5, 5.41) is 0. The smallest absolute Gasteiger partial charge is 0.151 e. The highest BCUT2D eigenvalue weighted by molar-refractivity contribution is 5.26. The largest absolute Gasteiger partial charge is 0.381 e. The number of rotatable bonds is 3. The van der Waals surface area contributed by atoms with Gasteiger partial charge >= 0.3 is 0 Å². The molecule has 0 aromatic heterocycles. The molecule has 3 fully saturated rings. The molecule has 2 bridgehead atoms. The first kappa shape index (κ1) is 9.99. The Labute approximate surface area is 88.8 Å². The van der Waals surface area contributed by atoms with Crippen molar-refractivity contribution in [2.45, 2.75) is 49.3 Å². The zero-order valence-electron chi connectivity index (χ0n) is 9.06. The fourth-order valence-electron chi connectivity index (χ4n) is 3.17. The summed E-state index contributed by atoms with van der Waals surface area (Å²) in [5.41, 5.74) is -0.676. The van der Waals surface area contributed by atoms with Gasteiger partial charge < -0.3 is 14.2 Å². The number of nitrogens with two attached hydrogens (primary N) is 1. The van der Waals surface area contributed by atoms with Crippen LogP contribution in [0.1, 0.15) is 19.8 Å². The second-order valence-corrected chi connectivity index (χ2v) is 4.78. The fraction of sp³-hybridized carbons (Fsp3) is 1.00. The number of methoxy groups -OCH3 is 1. The van der Waals surface area contributed by atoms with E-state index in [1.807, 2.05) is 6.92 Å². The van der Waals surface area contributed by atoms with Crippen LogP contribution in [0.3, 0.4) is 0 Å². The first-order chi connectivity index (χ1) is 7.19. The average Bonchev–Trinajstić information content (AvgIpc) is 2.85. The van der Waals surface area contributed by atoms with E-state index in [4.69, 9.17) is 24.9 Å². The van der Waals surface area contributed by atoms with E-state index in [9.17, 15) is 0 Å². The highest BCUT2D eigenvalue weighted by Gasteiger charge is 2.78. The lowest BCUT2D eigenvalue weighted by atomic mass is 9.91. The van der Waals surface area contributed by atoms with Crippen LogP contribution in [0.4, 0.5) is 0 Å². The highest BCUT2D eigenvalue weighted by Crippen LogP contribution is 2.62. The van der Waals surface area contributed by atoms with Gasteiger partial charge in [-0.15, -0.1) is 0 Å². The predicted octanol–water partition coefficient (Wildman–Crippen LogP) is -0.0194. The minimum atomic E-state index is -0.486. The van der Waals surface area contributed by atoms with Crippen molar-refractivity contribution < 1.29 is 19.0 Å². The van der Waals surface area contributed by atoms with E-state index in [0.29, 0.717) is 6.61 Å². The molecule has 2 N–H and O–H groups in total. The van der Waals surface area contributed by atoms with Gasteiger partial charge in [0.05, 0.1) is 12.7 Å². The van der Waals surface area contributed by atoms with Gasteiger partial charge in [-0.25, -0.2) is 5.90 Å². The van der Waals surface area contributed by atoms with Crippen molar-refractivity contribution in [2.75, 3.05) is 13.7 Å². The van der Waals surface area contributed by atoms with Gasteiger partial charge in [-0.3, -0.25) is 4.84 Å². The second kappa shape index (κ2) is 2.93. The van der Waals surface area contributed by atoms with Crippen LogP contribution >= 0.6 is 0 Å². The summed E-state index contributed by atoms with van der Waals surface area (Å²) in [6, 6.07) is 0. The van der Waals surface area contributed by atoms with E-state index in [1.54, 1.807) is 7.11 Å². The molecule has 0 aromatic rings. The van der Waals surface area contributed by atoms with Crippen LogP contribution in [0.2, 0.25) is 0 Å². The molecule has 2 heterocycles. The van der Waals surface area contributed by atoms with E-state index < -0.39 is 5.60 Å². The Morgan fingerprint density at radius 3 is 2.67 bits per heavy atom. The Bertz CT molecular complexity index is 281. The molecule has 0 radical (unpaired) electrons. The van der Waals surface area contributed by atoms with Gasteiger partial charge in [0.25, 0.3) is 0 Å². The zero-order chi connectivity index (χ0) is 10.7. The molecule has 1 aliphatic carbocycles. The molecule has 1 spiro atoms. The predicted molar refractivity (Wildman–Crippen MR) is 51.1 cm³/mol. The third kappa shape index (κ3) is 1.00. The average molecular weight is 215 g/mol. The second-order valence-electron chi connectivity index (χ2n) is 4.78. The number of ether oxygens (including phenoxy) is 3. The molecule has 3 rings (SSSR count). The van der Waals surface area contributed by atoms with Crippen LogP contribution in [0.5, 0.6) is 0 Å². The molecule has 2 unspecified atom stereocenters. The van der Waals surface area contributed by atoms with E-state index >= 15 is 0 Å². The molecule has 0 aromatic carbocycles. The number of hydrogen-bond acceptors (Lipinski definition) is 5. The van der Waals surface area contributed by atoms with Gasteiger partial charge in [-0.2, -0.15) is 0 Å². The van der Waals surface area contributed by atoms with Crippen molar-refractivity contribution in [2.24, 2.45) is 5.90 Å². The van der Waals surface area contributed by atoms with Crippen molar-refractivity contribution in [1.82, 2.24) is 0 Å². The highest BCUT2D eigenvalue weighted by atomic mass is 16.7. The minimum absolute atomic E-state index is 0.0277. The molecular weight excluding hydrogens is 198 g/mol. The van der Waals surface area contributed by atoms with E-state index in [-0.39, 0.29) is 23.9 Å². The Balaban J connectivity index is 1.97. The van der Waals surface area contributed by atoms with Crippen LogP contribution < -0.4 is 5.90 Å². The standard InChI is InChI=1S/C10H17NO4/c1-6-7-8(15-11)10(13-6,5-12-2)9(14-7)3-4-9/h6-8H,3-5,11H2,1-2H3/t6-,7?,8?,10+/m0/s1. The SMILES string of the molecule is COC[C@]12O[C@@H](C)C(OC13CC3)C2ON. The van der Waals surface area contributed by atoms with Crippen LogP contribution in [0, 0.1) is 0 Å². The Hall–Kier alpha value is -0.200. The summed E-state index contributed by atoms with van der Waals surface area (Å²) < 4.78 is 17.3. The molecule has 3 aliphatic rings. The monoisotopic (exact) mass is 215 g/mol. The van der Waals surface area contributed by atoms with Crippen LogP contribution in [-0.4, -0.2) is 43.2 Å². The van der Waals surface area contributed by atoms with Gasteiger partial charge in [0.1, 0.15) is 17.8 Å². The quantitative estimate of drug-likeness (QED) is 0.670. The Morgan fingerprint density at radius 2 is 2.13 bits per heavy atom. The molecule has 2 saturated heterocycles. The number of fused-ring (bicyclic) bond motifs is 3. The summed E-state index contributed by atoms with van der Waals surface area (Å²) in [7, 11) is 1.66. The lowest BCUT2D eigenvalue weighted by Gasteiger charge is -2.36. The maximum Gasteiger partial charge on any atom is 0.151 e. The third-order valence-electron chi connectivity index (χ3n) is 3.96. The third-order valence-corrected chi connectivity index (χ3v) is 3.96. The van der Waals surface area contributed by atoms with Crippen molar-refractivity contribution in [1.29, 1.82) is 0 Å². The maximum absolute atomic E-state index is 6.02. The zero-order valence-corrected chi connectivity index (χ0v) is 9.06. The molecule has 4 atom stereocenters. The van der Waals surface area contributed by atoms with E-state index in [2.05, 4.69) is 0 Å². The van der Waals surface area contributed by atoms with Crippen molar-refractivity contribution in [3.05, 3.63) is 0 Å². The minimum Gasteiger partial charge on any atom is -0.381 e. The van der Waals surface area contributed by atoms with Crippen molar-refractivity contribution in [3.8, 4) is 0 Å². The first-order valence-corrected chi connectivity index (χ1v) is 5.39. The van der Waals surface area contributed by atoms with E-state index in [0.717, 1.165) is 12.8 Å². The maximum atomic E-state index is 6.02. The lowest BCUT2D eigenvalue weighted by molar-refractivity contribution is -0.213. The molecule has 15 heavy (non-hydrogen) atoms. The first-order valence-electron chi connectivity index (χ1n) is 5.39. The van der Waals surface area contributed by atoms with E-state index in [1.165, 1.54) is 0 Å². The molecule has 5 heteroatoms. The topological polar surface area (TPSA) is 62.9 Å². The summed E-state index contributed by atoms with van der Waals surface area (Å²) in [6.45, 7) is 2.47. The lowest BCUT2D eigenvalue weighted by Crippen LogP contribution is -2.54. The molecular formula is C10H17NO4. The van der Waals surface area contributed by atoms with Crippen molar-refractivity contribution >= 4 is 0 Å². The van der Waals surface area contributed by atoms with Gasteiger partial charge in [0.2, 0.25) is 0 Å². The van der Waals surface area contributed by atoms with Gasteiger partial charge in [0, 0.05) is 7.11 Å². The Kier molecular flexibility index (Phi) is 1.95. The summed E-state index contributed by atoms with van der Waals surface area (Å²) in [6.07, 6.45) is 1.81. The normalized spacial score (nSPS) is 50.2. The van der Waals surface area contributed by atoms with Gasteiger partial charge in [-0.1, -0.05) is 0 Å². The molecule has 2 aliphatic heterocycles. The Morgan fingerprint density at radius 1 is 1.40 bits per heavy atom. The summed E-state index contributed by atoms with van der Waals surface area (Å²) >= 11 is 0. The van der Waals surface area contributed by atoms with Gasteiger partial charge in [0.15, 0.2) is 5.60 Å². The summed E-state index contributed by atoms with van der Waals surface area (Å²) in [5.74, 6) is 5.37. The molecule has 86 valence electrons. The summed E-state index contributed by atoms with van der Waals surface area (Å²) in [4.78, 5) is 5.07. The van der Waals surface area contributed by atoms with Crippen LogP contribution in [0.25, 0.3) is 0 Å². The van der Waals surface area contributed by atoms with Gasteiger partial charge in [-0.05, 0) is 19.8 Å². The molecule has 5 nitrogen and oxygen atoms in total. The van der Waals surface area contributed by atoms with Crippen LogP contribution in [0.15, 0.2) is 0 Å². The van der Waals surface area contributed by atoms with Crippen LogP contribution in [-0.2, 0) is 19.0 Å². The molecule has 1 saturated carbocycles. The fourth-order valence-corrected chi connectivity index (χ4v) is 3.17.